The summed E-state index contributed by atoms with van der Waals surface area (Å²) >= 11 is 0. The van der Waals surface area contributed by atoms with Crippen LogP contribution in [-0.2, 0) is 11.3 Å². The summed E-state index contributed by atoms with van der Waals surface area (Å²) in [4.78, 5) is 15.7. The summed E-state index contributed by atoms with van der Waals surface area (Å²) in [5.41, 5.74) is 2.58. The van der Waals surface area contributed by atoms with Gasteiger partial charge < -0.3 is 9.84 Å². The Morgan fingerprint density at radius 2 is 2.00 bits per heavy atom. The second-order valence-corrected chi connectivity index (χ2v) is 6.95. The molecule has 2 aromatic rings. The lowest BCUT2D eigenvalue weighted by atomic mass is 9.98. The summed E-state index contributed by atoms with van der Waals surface area (Å²) in [5.74, 6) is -0.893. The Morgan fingerprint density at radius 1 is 1.23 bits per heavy atom. The van der Waals surface area contributed by atoms with Crippen molar-refractivity contribution in [3.05, 3.63) is 71.3 Å². The Balaban J connectivity index is 1.69. The molecule has 3 rings (SSSR count). The van der Waals surface area contributed by atoms with Crippen molar-refractivity contribution in [3.8, 4) is 0 Å². The molecule has 1 heterocycles. The van der Waals surface area contributed by atoms with Crippen molar-refractivity contribution in [2.45, 2.75) is 18.7 Å². The van der Waals surface area contributed by atoms with Crippen LogP contribution < -0.4 is 0 Å². The zero-order valence-electron chi connectivity index (χ0n) is 15.3. The molecular formula is C21H26N2O3. The average Bonchev–Trinajstić information content (AvgIpc) is 2.62. The Morgan fingerprint density at radius 3 is 2.73 bits per heavy atom. The van der Waals surface area contributed by atoms with E-state index in [-0.39, 0.29) is 12.1 Å². The highest BCUT2D eigenvalue weighted by Crippen LogP contribution is 2.28. The molecular weight excluding hydrogens is 328 g/mol. The van der Waals surface area contributed by atoms with E-state index in [1.54, 1.807) is 18.2 Å². The maximum Gasteiger partial charge on any atom is 0.335 e. The number of likely N-dealkylation sites (N-methyl/N-ethyl adjacent to an activating group) is 2. The van der Waals surface area contributed by atoms with Crippen LogP contribution in [-0.4, -0.2) is 60.8 Å². The molecule has 5 nitrogen and oxygen atoms in total. The highest BCUT2D eigenvalue weighted by molar-refractivity contribution is 5.87. The number of carboxylic acid groups (broad SMARTS) is 1. The molecule has 1 N–H and O–H groups in total. The zero-order valence-corrected chi connectivity index (χ0v) is 15.3. The van der Waals surface area contributed by atoms with Gasteiger partial charge in [-0.2, -0.15) is 0 Å². The van der Waals surface area contributed by atoms with E-state index >= 15 is 0 Å². The first kappa shape index (κ1) is 18.6. The summed E-state index contributed by atoms with van der Waals surface area (Å²) in [6, 6.07) is 17.8. The highest BCUT2D eigenvalue weighted by Gasteiger charge is 2.32. The largest absolute Gasteiger partial charge is 0.478 e. The summed E-state index contributed by atoms with van der Waals surface area (Å²) in [5, 5.41) is 9.16. The van der Waals surface area contributed by atoms with Crippen LogP contribution in [0, 0.1) is 0 Å². The van der Waals surface area contributed by atoms with Crippen LogP contribution in [0.3, 0.4) is 0 Å². The fourth-order valence-corrected chi connectivity index (χ4v) is 3.62. The molecule has 138 valence electrons. The fraction of sp³-hybridized carbons (Fsp3) is 0.381. The van der Waals surface area contributed by atoms with Gasteiger partial charge in [-0.3, -0.25) is 9.80 Å². The smallest absolute Gasteiger partial charge is 0.335 e. The number of rotatable bonds is 6. The molecule has 0 bridgehead atoms. The van der Waals surface area contributed by atoms with Gasteiger partial charge in [0.05, 0.1) is 24.3 Å². The normalized spacial score (nSPS) is 21.0. The van der Waals surface area contributed by atoms with Crippen LogP contribution >= 0.6 is 0 Å². The Kier molecular flexibility index (Phi) is 6.04. The molecule has 0 aliphatic carbocycles. The van der Waals surface area contributed by atoms with Gasteiger partial charge in [-0.15, -0.1) is 0 Å². The lowest BCUT2D eigenvalue weighted by Gasteiger charge is -2.41. The quantitative estimate of drug-likeness (QED) is 0.864. The maximum absolute atomic E-state index is 11.2. The number of ether oxygens (including phenoxy) is 1. The van der Waals surface area contributed by atoms with Crippen molar-refractivity contribution in [1.29, 1.82) is 0 Å². The number of benzene rings is 2. The molecule has 2 aromatic carbocycles. The van der Waals surface area contributed by atoms with Crippen LogP contribution in [0.15, 0.2) is 54.6 Å². The molecule has 1 saturated heterocycles. The number of carboxylic acids is 1. The van der Waals surface area contributed by atoms with Gasteiger partial charge in [0.2, 0.25) is 0 Å². The van der Waals surface area contributed by atoms with Crippen molar-refractivity contribution < 1.29 is 14.6 Å². The summed E-state index contributed by atoms with van der Waals surface area (Å²) < 4.78 is 6.11. The van der Waals surface area contributed by atoms with Crippen molar-refractivity contribution in [2.75, 3.05) is 33.8 Å². The third-order valence-electron chi connectivity index (χ3n) is 4.86. The van der Waals surface area contributed by atoms with E-state index in [0.29, 0.717) is 12.1 Å². The standard InChI is InChI=1S/C21H26N2O3/c1-22(14-16-7-6-10-18(13-16)21(24)25)15-19-20(23(2)11-12-26-19)17-8-4-3-5-9-17/h3-10,13,19-20H,11-12,14-15H2,1-2H3,(H,24,25)/t19-,20-/m0/s1. The monoisotopic (exact) mass is 354 g/mol. The molecule has 0 amide bonds. The van der Waals surface area contributed by atoms with Crippen molar-refractivity contribution in [1.82, 2.24) is 9.80 Å². The summed E-state index contributed by atoms with van der Waals surface area (Å²) in [6.07, 6.45) is 0.0730. The minimum absolute atomic E-state index is 0.0730. The van der Waals surface area contributed by atoms with Gasteiger partial charge >= 0.3 is 5.97 Å². The number of morpholine rings is 1. The SMILES string of the molecule is CN(Cc1cccc(C(=O)O)c1)C[C@@H]1OCCN(C)[C@H]1c1ccccc1. The first-order valence-electron chi connectivity index (χ1n) is 8.92. The summed E-state index contributed by atoms with van der Waals surface area (Å²) in [7, 11) is 4.19. The molecule has 0 aromatic heterocycles. The van der Waals surface area contributed by atoms with Gasteiger partial charge in [-0.1, -0.05) is 42.5 Å². The number of hydrogen-bond donors (Lipinski definition) is 1. The van der Waals surface area contributed by atoms with Crippen LogP contribution in [0.2, 0.25) is 0 Å². The van der Waals surface area contributed by atoms with E-state index in [2.05, 4.69) is 41.1 Å². The van der Waals surface area contributed by atoms with E-state index in [9.17, 15) is 4.79 Å². The van der Waals surface area contributed by atoms with Gasteiger partial charge in [0.15, 0.2) is 0 Å². The second-order valence-electron chi connectivity index (χ2n) is 6.95. The van der Waals surface area contributed by atoms with Crippen molar-refractivity contribution >= 4 is 5.97 Å². The topological polar surface area (TPSA) is 53.0 Å². The molecule has 1 aliphatic heterocycles. The minimum Gasteiger partial charge on any atom is -0.478 e. The molecule has 1 fully saturated rings. The minimum atomic E-state index is -0.893. The Bertz CT molecular complexity index is 735. The van der Waals surface area contributed by atoms with Gasteiger partial charge in [-0.25, -0.2) is 4.79 Å². The van der Waals surface area contributed by atoms with Crippen molar-refractivity contribution in [3.63, 3.8) is 0 Å². The molecule has 1 aliphatic rings. The number of nitrogens with zero attached hydrogens (tertiary/aromatic N) is 2. The van der Waals surface area contributed by atoms with E-state index in [4.69, 9.17) is 9.84 Å². The van der Waals surface area contributed by atoms with Gasteiger partial charge in [0.1, 0.15) is 0 Å². The van der Waals surface area contributed by atoms with Crippen LogP contribution in [0.25, 0.3) is 0 Å². The molecule has 0 spiro atoms. The van der Waals surface area contributed by atoms with E-state index < -0.39 is 5.97 Å². The summed E-state index contributed by atoms with van der Waals surface area (Å²) in [6.45, 7) is 3.11. The third-order valence-corrected chi connectivity index (χ3v) is 4.86. The highest BCUT2D eigenvalue weighted by atomic mass is 16.5. The van der Waals surface area contributed by atoms with Crippen LogP contribution in [0.1, 0.15) is 27.5 Å². The number of aromatic carboxylic acids is 1. The van der Waals surface area contributed by atoms with Gasteiger partial charge in [0.25, 0.3) is 0 Å². The Hall–Kier alpha value is -2.21. The third kappa shape index (κ3) is 4.49. The first-order chi connectivity index (χ1) is 12.5. The predicted molar refractivity (Wildman–Crippen MR) is 101 cm³/mol. The van der Waals surface area contributed by atoms with E-state index in [0.717, 1.165) is 25.3 Å². The van der Waals surface area contributed by atoms with Gasteiger partial charge in [0, 0.05) is 19.6 Å². The fourth-order valence-electron chi connectivity index (χ4n) is 3.62. The molecule has 2 atom stereocenters. The van der Waals surface area contributed by atoms with Crippen LogP contribution in [0.4, 0.5) is 0 Å². The molecule has 26 heavy (non-hydrogen) atoms. The average molecular weight is 354 g/mol. The second kappa shape index (κ2) is 8.45. The van der Waals surface area contributed by atoms with E-state index in [1.807, 2.05) is 19.2 Å². The Labute approximate surface area is 154 Å². The number of carbonyl (C=O) groups is 1. The molecule has 5 heteroatoms. The lowest BCUT2D eigenvalue weighted by Crippen LogP contribution is -2.47. The maximum atomic E-state index is 11.2. The predicted octanol–water partition coefficient (Wildman–Crippen LogP) is 2.89. The first-order valence-corrected chi connectivity index (χ1v) is 8.92. The van der Waals surface area contributed by atoms with Gasteiger partial charge in [-0.05, 0) is 37.4 Å². The molecule has 0 unspecified atom stereocenters. The van der Waals surface area contributed by atoms with Crippen LogP contribution in [0.5, 0.6) is 0 Å². The zero-order chi connectivity index (χ0) is 18.5. The molecule has 0 saturated carbocycles. The lowest BCUT2D eigenvalue weighted by molar-refractivity contribution is -0.0742. The van der Waals surface area contributed by atoms with E-state index in [1.165, 1.54) is 5.56 Å². The van der Waals surface area contributed by atoms with Crippen molar-refractivity contribution in [2.24, 2.45) is 0 Å². The molecule has 0 radical (unpaired) electrons. The number of hydrogen-bond acceptors (Lipinski definition) is 4.